The van der Waals surface area contributed by atoms with Crippen molar-refractivity contribution in [2.45, 2.75) is 26.3 Å². The van der Waals surface area contributed by atoms with Crippen molar-refractivity contribution in [3.63, 3.8) is 0 Å². The summed E-state index contributed by atoms with van der Waals surface area (Å²) < 4.78 is 0. The lowest BCUT2D eigenvalue weighted by molar-refractivity contribution is -0.114. The maximum atomic E-state index is 12.5. The van der Waals surface area contributed by atoms with Gasteiger partial charge in [-0.15, -0.1) is 0 Å². The van der Waals surface area contributed by atoms with E-state index >= 15 is 0 Å². The molecule has 0 saturated heterocycles. The van der Waals surface area contributed by atoms with Gasteiger partial charge in [-0.05, 0) is 42.3 Å². The van der Waals surface area contributed by atoms with E-state index in [4.69, 9.17) is 11.6 Å². The average Bonchev–Trinajstić information content (AvgIpc) is 2.52. The second kappa shape index (κ2) is 7.79. The van der Waals surface area contributed by atoms with E-state index in [9.17, 15) is 9.59 Å². The molecular formula is C18H19ClN2O2. The first kappa shape index (κ1) is 17.0. The standard InChI is InChI=1S/C18H19ClN2O2/c1-3-17(13-6-4-8-15(19)10-13)21-18(23)14-7-5-9-16(11-14)20-12(2)22/h4-11,17H,3H2,1-2H3,(H,20,22)(H,21,23). The fourth-order valence-electron chi connectivity index (χ4n) is 2.33. The predicted octanol–water partition coefficient (Wildman–Crippen LogP) is 4.18. The lowest BCUT2D eigenvalue weighted by Gasteiger charge is -2.18. The van der Waals surface area contributed by atoms with E-state index in [0.717, 1.165) is 12.0 Å². The number of hydrogen-bond acceptors (Lipinski definition) is 2. The average molecular weight is 331 g/mol. The van der Waals surface area contributed by atoms with Crippen molar-refractivity contribution in [2.24, 2.45) is 0 Å². The zero-order valence-corrected chi connectivity index (χ0v) is 13.9. The molecule has 23 heavy (non-hydrogen) atoms. The number of hydrogen-bond donors (Lipinski definition) is 2. The summed E-state index contributed by atoms with van der Waals surface area (Å²) in [5.41, 5.74) is 2.06. The maximum Gasteiger partial charge on any atom is 0.251 e. The molecule has 4 nitrogen and oxygen atoms in total. The van der Waals surface area contributed by atoms with E-state index in [-0.39, 0.29) is 17.9 Å². The Balaban J connectivity index is 2.15. The fourth-order valence-corrected chi connectivity index (χ4v) is 2.53. The van der Waals surface area contributed by atoms with E-state index in [0.29, 0.717) is 16.3 Å². The van der Waals surface area contributed by atoms with E-state index < -0.39 is 0 Å². The Morgan fingerprint density at radius 2 is 1.87 bits per heavy atom. The predicted molar refractivity (Wildman–Crippen MR) is 92.7 cm³/mol. The Hall–Kier alpha value is -2.33. The van der Waals surface area contributed by atoms with Gasteiger partial charge in [-0.25, -0.2) is 0 Å². The number of nitrogens with one attached hydrogen (secondary N) is 2. The molecule has 0 fully saturated rings. The van der Waals surface area contributed by atoms with Crippen molar-refractivity contribution in [3.05, 3.63) is 64.7 Å². The largest absolute Gasteiger partial charge is 0.345 e. The van der Waals surface area contributed by atoms with Crippen molar-refractivity contribution in [2.75, 3.05) is 5.32 Å². The summed E-state index contributed by atoms with van der Waals surface area (Å²) in [6.07, 6.45) is 0.747. The SMILES string of the molecule is CCC(NC(=O)c1cccc(NC(C)=O)c1)c1cccc(Cl)c1. The minimum Gasteiger partial charge on any atom is -0.345 e. The van der Waals surface area contributed by atoms with Gasteiger partial charge in [0.1, 0.15) is 0 Å². The molecule has 2 amide bonds. The Kier molecular flexibility index (Phi) is 5.77. The van der Waals surface area contributed by atoms with Crippen LogP contribution in [0.4, 0.5) is 5.69 Å². The molecule has 1 unspecified atom stereocenters. The molecule has 0 aliphatic carbocycles. The Bertz CT molecular complexity index is 716. The maximum absolute atomic E-state index is 12.5. The summed E-state index contributed by atoms with van der Waals surface area (Å²) in [5, 5.41) is 6.31. The van der Waals surface area contributed by atoms with Crippen molar-refractivity contribution in [1.82, 2.24) is 5.32 Å². The summed E-state index contributed by atoms with van der Waals surface area (Å²) in [7, 11) is 0. The fraction of sp³-hybridized carbons (Fsp3) is 0.222. The molecule has 0 aliphatic rings. The Morgan fingerprint density at radius 3 is 2.52 bits per heavy atom. The van der Waals surface area contributed by atoms with Gasteiger partial charge in [0.05, 0.1) is 6.04 Å². The van der Waals surface area contributed by atoms with Crippen LogP contribution in [-0.4, -0.2) is 11.8 Å². The van der Waals surface area contributed by atoms with Gasteiger partial charge in [0, 0.05) is 23.2 Å². The zero-order valence-electron chi connectivity index (χ0n) is 13.1. The van der Waals surface area contributed by atoms with Crippen LogP contribution in [0.15, 0.2) is 48.5 Å². The lowest BCUT2D eigenvalue weighted by Crippen LogP contribution is -2.28. The number of carbonyl (C=O) groups excluding carboxylic acids is 2. The first-order chi connectivity index (χ1) is 11.0. The summed E-state index contributed by atoms with van der Waals surface area (Å²) in [4.78, 5) is 23.6. The summed E-state index contributed by atoms with van der Waals surface area (Å²) in [6.45, 7) is 3.43. The summed E-state index contributed by atoms with van der Waals surface area (Å²) in [5.74, 6) is -0.364. The van der Waals surface area contributed by atoms with Crippen molar-refractivity contribution < 1.29 is 9.59 Å². The van der Waals surface area contributed by atoms with Crippen LogP contribution in [0.1, 0.15) is 42.2 Å². The highest BCUT2D eigenvalue weighted by atomic mass is 35.5. The van der Waals surface area contributed by atoms with Gasteiger partial charge in [-0.3, -0.25) is 9.59 Å². The molecule has 2 aromatic rings. The van der Waals surface area contributed by atoms with Crippen molar-refractivity contribution in [3.8, 4) is 0 Å². The highest BCUT2D eigenvalue weighted by Crippen LogP contribution is 2.21. The van der Waals surface area contributed by atoms with E-state index in [1.54, 1.807) is 30.3 Å². The van der Waals surface area contributed by atoms with Crippen LogP contribution < -0.4 is 10.6 Å². The Morgan fingerprint density at radius 1 is 1.13 bits per heavy atom. The van der Waals surface area contributed by atoms with E-state index in [2.05, 4.69) is 10.6 Å². The molecule has 120 valence electrons. The second-order valence-electron chi connectivity index (χ2n) is 5.25. The third kappa shape index (κ3) is 4.83. The number of amides is 2. The van der Waals surface area contributed by atoms with Crippen molar-refractivity contribution in [1.29, 1.82) is 0 Å². The smallest absolute Gasteiger partial charge is 0.251 e. The zero-order chi connectivity index (χ0) is 16.8. The third-order valence-corrected chi connectivity index (χ3v) is 3.64. The topological polar surface area (TPSA) is 58.2 Å². The quantitative estimate of drug-likeness (QED) is 0.864. The van der Waals surface area contributed by atoms with Gasteiger partial charge < -0.3 is 10.6 Å². The number of anilines is 1. The molecule has 0 aliphatic heterocycles. The van der Waals surface area contributed by atoms with Crippen LogP contribution in [0.3, 0.4) is 0 Å². The second-order valence-corrected chi connectivity index (χ2v) is 5.69. The van der Waals surface area contributed by atoms with Crippen LogP contribution in [-0.2, 0) is 4.79 Å². The molecule has 2 aromatic carbocycles. The van der Waals surface area contributed by atoms with E-state index in [1.165, 1.54) is 6.92 Å². The van der Waals surface area contributed by atoms with Crippen LogP contribution in [0.2, 0.25) is 5.02 Å². The van der Waals surface area contributed by atoms with Crippen LogP contribution in [0.25, 0.3) is 0 Å². The normalized spacial score (nSPS) is 11.6. The number of benzene rings is 2. The lowest BCUT2D eigenvalue weighted by atomic mass is 10.0. The molecule has 0 radical (unpaired) electrons. The Labute approximate surface area is 140 Å². The molecule has 5 heteroatoms. The van der Waals surface area contributed by atoms with Gasteiger partial charge >= 0.3 is 0 Å². The van der Waals surface area contributed by atoms with Crippen molar-refractivity contribution >= 4 is 29.1 Å². The molecule has 0 spiro atoms. The molecule has 2 N–H and O–H groups in total. The van der Waals surface area contributed by atoms with Gasteiger partial charge in [-0.2, -0.15) is 0 Å². The molecule has 0 bridgehead atoms. The molecule has 0 aromatic heterocycles. The summed E-state index contributed by atoms with van der Waals surface area (Å²) >= 11 is 6.02. The van der Waals surface area contributed by atoms with Gasteiger partial charge in [0.15, 0.2) is 0 Å². The number of rotatable bonds is 5. The van der Waals surface area contributed by atoms with Gasteiger partial charge in [-0.1, -0.05) is 36.7 Å². The molecular weight excluding hydrogens is 312 g/mol. The van der Waals surface area contributed by atoms with Crippen LogP contribution in [0, 0.1) is 0 Å². The molecule has 0 saturated carbocycles. The highest BCUT2D eigenvalue weighted by Gasteiger charge is 2.14. The molecule has 2 rings (SSSR count). The minimum absolute atomic E-state index is 0.120. The monoisotopic (exact) mass is 330 g/mol. The van der Waals surface area contributed by atoms with Gasteiger partial charge in [0.25, 0.3) is 5.91 Å². The summed E-state index contributed by atoms with van der Waals surface area (Å²) in [6, 6.07) is 14.2. The first-order valence-corrected chi connectivity index (χ1v) is 7.81. The highest BCUT2D eigenvalue weighted by molar-refractivity contribution is 6.30. The first-order valence-electron chi connectivity index (χ1n) is 7.43. The third-order valence-electron chi connectivity index (χ3n) is 3.41. The van der Waals surface area contributed by atoms with E-state index in [1.807, 2.05) is 25.1 Å². The number of carbonyl (C=O) groups is 2. The number of halogens is 1. The van der Waals surface area contributed by atoms with Gasteiger partial charge in [0.2, 0.25) is 5.91 Å². The van der Waals surface area contributed by atoms with Crippen LogP contribution >= 0.6 is 11.6 Å². The minimum atomic E-state index is -0.191. The van der Waals surface area contributed by atoms with Crippen LogP contribution in [0.5, 0.6) is 0 Å². The molecule has 0 heterocycles. The molecule has 1 atom stereocenters.